The second-order valence-electron chi connectivity index (χ2n) is 21.6. The maximum atomic E-state index is 7.27. The molecule has 8 aromatic carbocycles. The second-order valence-corrected chi connectivity index (χ2v) is 21.6. The predicted octanol–water partition coefficient (Wildman–Crippen LogP) is 16.3. The summed E-state index contributed by atoms with van der Waals surface area (Å²) in [5.41, 5.74) is 21.3. The van der Waals surface area contributed by atoms with Crippen LogP contribution in [0, 0.1) is 0 Å². The van der Waals surface area contributed by atoms with Crippen molar-refractivity contribution in [3.63, 3.8) is 0 Å². The minimum Gasteiger partial charge on any atom is -0.468 e. The fourth-order valence-corrected chi connectivity index (χ4v) is 11.5. The van der Waals surface area contributed by atoms with Crippen LogP contribution in [0.3, 0.4) is 0 Å². The molecular formula is C64H60BN3O. The van der Waals surface area contributed by atoms with Gasteiger partial charge in [0.05, 0.1) is 11.3 Å². The molecule has 3 heterocycles. The van der Waals surface area contributed by atoms with Gasteiger partial charge in [0.15, 0.2) is 0 Å². The number of hydrogen-bond acceptors (Lipinski definition) is 4. The molecule has 5 heteroatoms. The summed E-state index contributed by atoms with van der Waals surface area (Å²) < 4.78 is 7.27. The zero-order valence-electron chi connectivity index (χ0n) is 40.8. The van der Waals surface area contributed by atoms with Crippen LogP contribution in [0.4, 0.5) is 51.2 Å². The maximum absolute atomic E-state index is 7.27. The summed E-state index contributed by atoms with van der Waals surface area (Å²) in [7, 11) is 0. The Kier molecular flexibility index (Phi) is 10.5. The lowest BCUT2D eigenvalue weighted by molar-refractivity contribution is 0.444. The molecule has 340 valence electrons. The standard InChI is InChI=1S/C64H60BN3O/c1-63(2,3)47-29-33-50(34-30-47)66(51-35-31-48(32-36-51)64(4,5)6)53-37-38-55-56(42-53)67(49-24-14-9-15-25-49)57-40-46(44-21-12-8-13-22-44)41-58-60(57)65(55)62-61(54-27-16-17-28-59(54)69-62)68(58)52-26-18-23-45(39-52)43-19-10-7-11-20-43/h7,9-11,14-20,23-42,44H,8,12-13,21-22H2,1-6H3. The van der Waals surface area contributed by atoms with Gasteiger partial charge in [-0.2, -0.15) is 0 Å². The van der Waals surface area contributed by atoms with E-state index in [9.17, 15) is 0 Å². The average molecular weight is 898 g/mol. The third-order valence-corrected chi connectivity index (χ3v) is 15.1. The van der Waals surface area contributed by atoms with E-state index in [0.29, 0.717) is 5.92 Å². The van der Waals surface area contributed by atoms with Gasteiger partial charge >= 0.3 is 0 Å². The van der Waals surface area contributed by atoms with Crippen molar-refractivity contribution in [1.82, 2.24) is 0 Å². The molecule has 1 aliphatic carbocycles. The lowest BCUT2D eigenvalue weighted by Gasteiger charge is -2.43. The summed E-state index contributed by atoms with van der Waals surface area (Å²) in [5, 5.41) is 1.13. The van der Waals surface area contributed by atoms with Gasteiger partial charge in [-0.05, 0) is 153 Å². The van der Waals surface area contributed by atoms with E-state index in [2.05, 4.69) is 244 Å². The number of hydrogen-bond donors (Lipinski definition) is 0. The first-order chi connectivity index (χ1) is 33.5. The monoisotopic (exact) mass is 897 g/mol. The fourth-order valence-electron chi connectivity index (χ4n) is 11.5. The highest BCUT2D eigenvalue weighted by molar-refractivity contribution is 7.00. The summed E-state index contributed by atoms with van der Waals surface area (Å²) in [6, 6.07) is 70.3. The topological polar surface area (TPSA) is 22.9 Å². The van der Waals surface area contributed by atoms with Gasteiger partial charge in [0, 0.05) is 50.9 Å². The molecule has 0 spiro atoms. The van der Waals surface area contributed by atoms with Crippen molar-refractivity contribution >= 4 is 85.5 Å². The Hall–Kier alpha value is -7.24. The number of fused-ring (bicyclic) bond motifs is 6. The lowest BCUT2D eigenvalue weighted by atomic mass is 9.35. The third kappa shape index (κ3) is 7.55. The molecule has 1 fully saturated rings. The van der Waals surface area contributed by atoms with Crippen LogP contribution >= 0.6 is 0 Å². The van der Waals surface area contributed by atoms with E-state index in [1.165, 1.54) is 82.2 Å². The Morgan fingerprint density at radius 2 is 1.06 bits per heavy atom. The van der Waals surface area contributed by atoms with Gasteiger partial charge in [0.1, 0.15) is 5.58 Å². The molecule has 0 N–H and O–H groups in total. The van der Waals surface area contributed by atoms with Crippen LogP contribution in [0.5, 0.6) is 0 Å². The van der Waals surface area contributed by atoms with E-state index in [4.69, 9.17) is 4.42 Å². The minimum absolute atomic E-state index is 0.0399. The first-order valence-corrected chi connectivity index (χ1v) is 25.1. The summed E-state index contributed by atoms with van der Waals surface area (Å²) >= 11 is 0. The number of anilines is 9. The second kappa shape index (κ2) is 16.8. The van der Waals surface area contributed by atoms with E-state index in [0.717, 1.165) is 56.4 Å². The number of furan rings is 1. The van der Waals surface area contributed by atoms with E-state index < -0.39 is 0 Å². The van der Waals surface area contributed by atoms with Crippen molar-refractivity contribution in [3.05, 3.63) is 205 Å². The van der Waals surface area contributed by atoms with Gasteiger partial charge < -0.3 is 19.1 Å². The van der Waals surface area contributed by atoms with Crippen LogP contribution in [-0.4, -0.2) is 6.71 Å². The van der Waals surface area contributed by atoms with Crippen LogP contribution in [0.2, 0.25) is 0 Å². The van der Waals surface area contributed by atoms with Crippen LogP contribution in [0.25, 0.3) is 22.1 Å². The SMILES string of the molecule is CC(C)(C)c1ccc(N(c2ccc(C(C)(C)C)cc2)c2ccc3c(c2)N(c2ccccc2)c2cc(C4CCCCC4)cc4c2B3c2oc3ccccc3c2N4c2cccc(-c3ccccc3)c2)cc1. The van der Waals surface area contributed by atoms with Crippen molar-refractivity contribution in [2.24, 2.45) is 0 Å². The molecule has 2 aliphatic heterocycles. The van der Waals surface area contributed by atoms with Gasteiger partial charge in [0.25, 0.3) is 6.71 Å². The molecule has 3 aliphatic rings. The van der Waals surface area contributed by atoms with E-state index >= 15 is 0 Å². The molecule has 0 saturated heterocycles. The average Bonchev–Trinajstić information content (AvgIpc) is 3.76. The van der Waals surface area contributed by atoms with Gasteiger partial charge in [0.2, 0.25) is 0 Å². The smallest absolute Gasteiger partial charge is 0.297 e. The summed E-state index contributed by atoms with van der Waals surface area (Å²) in [6.07, 6.45) is 6.23. The van der Waals surface area contributed by atoms with Crippen LogP contribution < -0.4 is 31.3 Å². The number of nitrogens with zero attached hydrogens (tertiary/aromatic N) is 3. The quantitative estimate of drug-likeness (QED) is 0.149. The number of benzene rings is 8. The third-order valence-electron chi connectivity index (χ3n) is 15.1. The summed E-state index contributed by atoms with van der Waals surface area (Å²) in [6.45, 7) is 13.6. The Morgan fingerprint density at radius 3 is 1.71 bits per heavy atom. The molecule has 1 saturated carbocycles. The maximum Gasteiger partial charge on any atom is 0.297 e. The molecule has 4 nitrogen and oxygen atoms in total. The molecule has 0 radical (unpaired) electrons. The molecule has 0 bridgehead atoms. The van der Waals surface area contributed by atoms with E-state index in [-0.39, 0.29) is 17.5 Å². The van der Waals surface area contributed by atoms with Crippen molar-refractivity contribution in [3.8, 4) is 11.1 Å². The molecule has 0 amide bonds. The summed E-state index contributed by atoms with van der Waals surface area (Å²) in [5.74, 6) is 0.478. The predicted molar refractivity (Wildman–Crippen MR) is 294 cm³/mol. The molecular weight excluding hydrogens is 838 g/mol. The van der Waals surface area contributed by atoms with Crippen LogP contribution in [0.15, 0.2) is 192 Å². The Bertz CT molecular complexity index is 3280. The molecule has 69 heavy (non-hydrogen) atoms. The Morgan fingerprint density at radius 1 is 0.493 bits per heavy atom. The van der Waals surface area contributed by atoms with Crippen LogP contribution in [0.1, 0.15) is 96.3 Å². The number of rotatable bonds is 7. The Balaban J connectivity index is 1.13. The molecule has 0 atom stereocenters. The highest BCUT2D eigenvalue weighted by Gasteiger charge is 2.47. The van der Waals surface area contributed by atoms with Gasteiger partial charge in [-0.3, -0.25) is 0 Å². The lowest BCUT2D eigenvalue weighted by Crippen LogP contribution is -2.61. The zero-order chi connectivity index (χ0) is 47.0. The molecule has 12 rings (SSSR count). The summed E-state index contributed by atoms with van der Waals surface area (Å²) in [4.78, 5) is 7.55. The fraction of sp³-hybridized carbons (Fsp3) is 0.219. The number of para-hydroxylation sites is 2. The Labute approximate surface area is 409 Å². The van der Waals surface area contributed by atoms with Crippen molar-refractivity contribution in [2.75, 3.05) is 14.7 Å². The van der Waals surface area contributed by atoms with Gasteiger partial charge in [-0.1, -0.05) is 164 Å². The minimum atomic E-state index is -0.152. The van der Waals surface area contributed by atoms with Crippen LogP contribution in [-0.2, 0) is 10.8 Å². The molecule has 0 unspecified atom stereocenters. The first-order valence-electron chi connectivity index (χ1n) is 25.1. The molecule has 9 aromatic rings. The van der Waals surface area contributed by atoms with E-state index in [1.807, 2.05) is 0 Å². The zero-order valence-corrected chi connectivity index (χ0v) is 40.8. The van der Waals surface area contributed by atoms with E-state index in [1.54, 1.807) is 0 Å². The first kappa shape index (κ1) is 43.1. The van der Waals surface area contributed by atoms with Crippen molar-refractivity contribution < 1.29 is 4.42 Å². The highest BCUT2D eigenvalue weighted by atomic mass is 16.3. The van der Waals surface area contributed by atoms with Gasteiger partial charge in [-0.25, -0.2) is 0 Å². The van der Waals surface area contributed by atoms with Crippen molar-refractivity contribution in [2.45, 2.75) is 90.4 Å². The largest absolute Gasteiger partial charge is 0.468 e. The molecule has 1 aromatic heterocycles. The highest BCUT2D eigenvalue weighted by Crippen LogP contribution is 2.50. The normalized spacial score (nSPS) is 14.7. The van der Waals surface area contributed by atoms with Crippen molar-refractivity contribution in [1.29, 1.82) is 0 Å². The van der Waals surface area contributed by atoms with Gasteiger partial charge in [-0.15, -0.1) is 0 Å².